The van der Waals surface area contributed by atoms with Crippen LogP contribution < -0.4 is 5.32 Å². The van der Waals surface area contributed by atoms with Gasteiger partial charge in [0.25, 0.3) is 0 Å². The van der Waals surface area contributed by atoms with E-state index in [0.717, 1.165) is 12.6 Å². The van der Waals surface area contributed by atoms with Crippen LogP contribution in [0.15, 0.2) is 0 Å². The van der Waals surface area contributed by atoms with Crippen LogP contribution in [-0.2, 0) is 4.74 Å². The third-order valence-electron chi connectivity index (χ3n) is 6.10. The van der Waals surface area contributed by atoms with Crippen molar-refractivity contribution in [2.45, 2.75) is 69.9 Å². The van der Waals surface area contributed by atoms with E-state index in [4.69, 9.17) is 4.74 Å². The highest BCUT2D eigenvalue weighted by Crippen LogP contribution is 2.50. The quantitative estimate of drug-likeness (QED) is 0.810. The zero-order chi connectivity index (χ0) is 14.1. The van der Waals surface area contributed by atoms with Crippen molar-refractivity contribution in [2.24, 2.45) is 5.41 Å². The maximum absolute atomic E-state index is 5.32. The molecule has 1 heterocycles. The van der Waals surface area contributed by atoms with Crippen LogP contribution >= 0.6 is 0 Å². The van der Waals surface area contributed by atoms with Gasteiger partial charge in [-0.1, -0.05) is 19.8 Å². The number of nitrogens with zero attached hydrogens (tertiary/aromatic N) is 1. The fourth-order valence-electron chi connectivity index (χ4n) is 4.42. The molecule has 2 aliphatic carbocycles. The minimum Gasteiger partial charge on any atom is -0.385 e. The summed E-state index contributed by atoms with van der Waals surface area (Å²) < 4.78 is 5.32. The topological polar surface area (TPSA) is 24.5 Å². The van der Waals surface area contributed by atoms with Gasteiger partial charge in [-0.2, -0.15) is 0 Å². The van der Waals surface area contributed by atoms with E-state index in [0.29, 0.717) is 11.0 Å². The number of hydrogen-bond acceptors (Lipinski definition) is 3. The predicted molar refractivity (Wildman–Crippen MR) is 83.0 cm³/mol. The fourth-order valence-corrected chi connectivity index (χ4v) is 4.42. The lowest BCUT2D eigenvalue weighted by Crippen LogP contribution is -2.63. The molecule has 3 fully saturated rings. The maximum atomic E-state index is 5.32. The Labute approximate surface area is 124 Å². The maximum Gasteiger partial charge on any atom is 0.0468 e. The number of methoxy groups -OCH3 is 1. The molecule has 0 radical (unpaired) electrons. The fraction of sp³-hybridized carbons (Fsp3) is 1.00. The van der Waals surface area contributed by atoms with E-state index in [9.17, 15) is 0 Å². The third kappa shape index (κ3) is 3.05. The molecule has 0 aromatic heterocycles. The van der Waals surface area contributed by atoms with E-state index < -0.39 is 0 Å². The molecule has 116 valence electrons. The standard InChI is InChI=1S/C17H32N2O/c1-3-15-12-18-17(6-4-5-7-17)14-19(15)13-16(8-9-16)10-11-20-2/h15,18H,3-14H2,1-2H3. The van der Waals surface area contributed by atoms with Crippen LogP contribution in [0.1, 0.15) is 58.3 Å². The Balaban J connectivity index is 1.62. The molecule has 0 bridgehead atoms. The van der Waals surface area contributed by atoms with Crippen LogP contribution in [0.2, 0.25) is 0 Å². The second kappa shape index (κ2) is 5.94. The van der Waals surface area contributed by atoms with Gasteiger partial charge >= 0.3 is 0 Å². The molecule has 1 saturated heterocycles. The van der Waals surface area contributed by atoms with E-state index in [1.807, 2.05) is 7.11 Å². The highest BCUT2D eigenvalue weighted by Gasteiger charge is 2.47. The van der Waals surface area contributed by atoms with Crippen molar-refractivity contribution >= 4 is 0 Å². The number of ether oxygens (including phenoxy) is 1. The summed E-state index contributed by atoms with van der Waals surface area (Å²) in [5, 5.41) is 3.91. The zero-order valence-corrected chi connectivity index (χ0v) is 13.4. The Kier molecular flexibility index (Phi) is 4.40. The lowest BCUT2D eigenvalue weighted by atomic mass is 9.90. The molecule has 1 aliphatic heterocycles. The molecule has 1 atom stereocenters. The van der Waals surface area contributed by atoms with Crippen molar-refractivity contribution < 1.29 is 4.74 Å². The van der Waals surface area contributed by atoms with Crippen LogP contribution in [0.4, 0.5) is 0 Å². The summed E-state index contributed by atoms with van der Waals surface area (Å²) >= 11 is 0. The molecule has 0 aromatic rings. The summed E-state index contributed by atoms with van der Waals surface area (Å²) in [6, 6.07) is 0.751. The lowest BCUT2D eigenvalue weighted by Gasteiger charge is -2.47. The summed E-state index contributed by atoms with van der Waals surface area (Å²) in [5.41, 5.74) is 1.06. The van der Waals surface area contributed by atoms with Crippen LogP contribution in [0, 0.1) is 5.41 Å². The van der Waals surface area contributed by atoms with Gasteiger partial charge in [-0.15, -0.1) is 0 Å². The minimum absolute atomic E-state index is 0.461. The predicted octanol–water partition coefficient (Wildman–Crippen LogP) is 2.80. The molecule has 3 aliphatic rings. The monoisotopic (exact) mass is 280 g/mol. The minimum atomic E-state index is 0.461. The molecule has 3 nitrogen and oxygen atoms in total. The Bertz CT molecular complexity index is 321. The highest BCUT2D eigenvalue weighted by atomic mass is 16.5. The molecule has 2 saturated carbocycles. The lowest BCUT2D eigenvalue weighted by molar-refractivity contribution is 0.0522. The van der Waals surface area contributed by atoms with Crippen molar-refractivity contribution in [1.29, 1.82) is 0 Å². The molecule has 3 rings (SSSR count). The summed E-state index contributed by atoms with van der Waals surface area (Å²) in [6.45, 7) is 7.10. The molecule has 0 aromatic carbocycles. The van der Waals surface area contributed by atoms with Gasteiger partial charge in [0.1, 0.15) is 0 Å². The van der Waals surface area contributed by atoms with Gasteiger partial charge in [0, 0.05) is 44.9 Å². The van der Waals surface area contributed by atoms with E-state index >= 15 is 0 Å². The van der Waals surface area contributed by atoms with E-state index in [-0.39, 0.29) is 0 Å². The van der Waals surface area contributed by atoms with Gasteiger partial charge in [-0.25, -0.2) is 0 Å². The van der Waals surface area contributed by atoms with E-state index in [1.54, 1.807) is 0 Å². The first-order valence-electron chi connectivity index (χ1n) is 8.69. The van der Waals surface area contributed by atoms with Crippen molar-refractivity contribution in [1.82, 2.24) is 10.2 Å². The first-order chi connectivity index (χ1) is 9.71. The zero-order valence-electron chi connectivity index (χ0n) is 13.4. The van der Waals surface area contributed by atoms with Crippen molar-refractivity contribution in [3.05, 3.63) is 0 Å². The normalized spacial score (nSPS) is 31.8. The summed E-state index contributed by atoms with van der Waals surface area (Å²) in [6.07, 6.45) is 11.0. The number of hydrogen-bond donors (Lipinski definition) is 1. The molecule has 1 N–H and O–H groups in total. The average molecular weight is 280 g/mol. The van der Waals surface area contributed by atoms with Crippen LogP contribution in [0.5, 0.6) is 0 Å². The Hall–Kier alpha value is -0.120. The molecular weight excluding hydrogens is 248 g/mol. The van der Waals surface area contributed by atoms with Gasteiger partial charge in [-0.3, -0.25) is 4.90 Å². The Morgan fingerprint density at radius 2 is 1.95 bits per heavy atom. The van der Waals surface area contributed by atoms with Crippen LogP contribution in [0.25, 0.3) is 0 Å². The first-order valence-corrected chi connectivity index (χ1v) is 8.69. The highest BCUT2D eigenvalue weighted by molar-refractivity contribution is 5.04. The smallest absolute Gasteiger partial charge is 0.0468 e. The van der Waals surface area contributed by atoms with Gasteiger partial charge in [0.15, 0.2) is 0 Å². The average Bonchev–Trinajstić information content (AvgIpc) is 3.08. The van der Waals surface area contributed by atoms with Gasteiger partial charge < -0.3 is 10.1 Å². The molecule has 1 unspecified atom stereocenters. The largest absolute Gasteiger partial charge is 0.385 e. The molecular formula is C17H32N2O. The summed E-state index contributed by atoms with van der Waals surface area (Å²) in [4.78, 5) is 2.84. The number of rotatable bonds is 6. The summed E-state index contributed by atoms with van der Waals surface area (Å²) in [7, 11) is 1.84. The van der Waals surface area contributed by atoms with Gasteiger partial charge in [0.05, 0.1) is 0 Å². The number of nitrogens with one attached hydrogen (secondary N) is 1. The first kappa shape index (κ1) is 14.8. The molecule has 20 heavy (non-hydrogen) atoms. The van der Waals surface area contributed by atoms with E-state index in [1.165, 1.54) is 71.0 Å². The van der Waals surface area contributed by atoms with Crippen LogP contribution in [0.3, 0.4) is 0 Å². The second-order valence-corrected chi connectivity index (χ2v) is 7.58. The van der Waals surface area contributed by atoms with Crippen LogP contribution in [-0.4, -0.2) is 49.8 Å². The third-order valence-corrected chi connectivity index (χ3v) is 6.10. The molecule has 0 amide bonds. The summed E-state index contributed by atoms with van der Waals surface area (Å²) in [5.74, 6) is 0. The SMILES string of the molecule is CCC1CNC2(CCCC2)CN1CC1(CCOC)CC1. The molecule has 1 spiro atoms. The Morgan fingerprint density at radius 3 is 2.55 bits per heavy atom. The van der Waals surface area contributed by atoms with E-state index in [2.05, 4.69) is 17.1 Å². The Morgan fingerprint density at radius 1 is 1.20 bits per heavy atom. The van der Waals surface area contributed by atoms with Crippen molar-refractivity contribution in [2.75, 3.05) is 33.4 Å². The molecule has 3 heteroatoms. The van der Waals surface area contributed by atoms with Crippen molar-refractivity contribution in [3.63, 3.8) is 0 Å². The second-order valence-electron chi connectivity index (χ2n) is 7.58. The number of piperazine rings is 1. The van der Waals surface area contributed by atoms with Gasteiger partial charge in [-0.05, 0) is 43.9 Å². The van der Waals surface area contributed by atoms with Crippen molar-refractivity contribution in [3.8, 4) is 0 Å². The van der Waals surface area contributed by atoms with Gasteiger partial charge in [0.2, 0.25) is 0 Å².